The molecule has 5 aromatic carbocycles. The summed E-state index contributed by atoms with van der Waals surface area (Å²) in [6, 6.07) is 38.5. The van der Waals surface area contributed by atoms with Gasteiger partial charge in [-0.3, -0.25) is 0 Å². The third-order valence-corrected chi connectivity index (χ3v) is 6.93. The normalized spacial score (nSPS) is 11.7. The number of hydrogen-bond acceptors (Lipinski definition) is 5. The van der Waals surface area contributed by atoms with Gasteiger partial charge in [0.2, 0.25) is 0 Å². The molecule has 5 nitrogen and oxygen atoms in total. The molecule has 0 radical (unpaired) electrons. The molecule has 0 aliphatic rings. The average Bonchev–Trinajstić information content (AvgIpc) is 3.58. The van der Waals surface area contributed by atoms with E-state index in [1.165, 1.54) is 0 Å². The van der Waals surface area contributed by atoms with E-state index in [4.69, 9.17) is 23.8 Å². The molecule has 0 amide bonds. The van der Waals surface area contributed by atoms with Crippen LogP contribution in [0.25, 0.3) is 78.0 Å². The van der Waals surface area contributed by atoms with Crippen LogP contribution in [0.2, 0.25) is 0 Å². The smallest absolute Gasteiger partial charge is 0.199 e. The lowest BCUT2D eigenvalue weighted by Gasteiger charge is -2.08. The Balaban J connectivity index is 1.39. The van der Waals surface area contributed by atoms with Crippen molar-refractivity contribution in [3.63, 3.8) is 0 Å². The Morgan fingerprint density at radius 3 is 2.05 bits per heavy atom. The maximum atomic E-state index is 6.31. The molecule has 0 saturated heterocycles. The maximum Gasteiger partial charge on any atom is 0.199 e. The van der Waals surface area contributed by atoms with Crippen LogP contribution in [-0.4, -0.2) is 15.0 Å². The van der Waals surface area contributed by atoms with Gasteiger partial charge in [0.25, 0.3) is 0 Å². The number of para-hydroxylation sites is 3. The van der Waals surface area contributed by atoms with E-state index >= 15 is 0 Å². The van der Waals surface area contributed by atoms with E-state index in [0.29, 0.717) is 23.2 Å². The zero-order chi connectivity index (χ0) is 25.1. The lowest BCUT2D eigenvalue weighted by atomic mass is 10.1. The summed E-state index contributed by atoms with van der Waals surface area (Å²) in [5.74, 6) is 2.17. The lowest BCUT2D eigenvalue weighted by Crippen LogP contribution is -2.00. The van der Waals surface area contributed by atoms with E-state index in [2.05, 4.69) is 36.4 Å². The third-order valence-electron chi connectivity index (χ3n) is 6.93. The third kappa shape index (κ3) is 3.29. The first-order valence-corrected chi connectivity index (χ1v) is 12.4. The number of fused-ring (bicyclic) bond motifs is 5. The van der Waals surface area contributed by atoms with Crippen LogP contribution in [0.15, 0.2) is 124 Å². The van der Waals surface area contributed by atoms with Crippen molar-refractivity contribution in [1.82, 2.24) is 15.0 Å². The maximum absolute atomic E-state index is 6.31. The Kier molecular flexibility index (Phi) is 4.45. The predicted octanol–water partition coefficient (Wildman–Crippen LogP) is 8.67. The molecule has 5 heteroatoms. The van der Waals surface area contributed by atoms with Crippen molar-refractivity contribution in [3.8, 4) is 34.4 Å². The molecular weight excluding hydrogens is 470 g/mol. The standard InChI is InChI=1S/C33H19N3O2/c1-2-9-21-18-23(17-16-20(21)8-1)31-34-32(36-33(35-31)29-19-22-10-3-5-14-27(22)37-29)26-13-7-12-25-24-11-4-6-15-28(24)38-30(25)26/h1-19H. The van der Waals surface area contributed by atoms with Gasteiger partial charge in [0.05, 0.1) is 5.56 Å². The van der Waals surface area contributed by atoms with Crippen LogP contribution in [0.3, 0.4) is 0 Å². The summed E-state index contributed by atoms with van der Waals surface area (Å²) in [5.41, 5.74) is 4.08. The lowest BCUT2D eigenvalue weighted by molar-refractivity contribution is 0.624. The van der Waals surface area contributed by atoms with Gasteiger partial charge in [0.15, 0.2) is 23.2 Å². The number of benzene rings is 5. The summed E-state index contributed by atoms with van der Waals surface area (Å²) in [4.78, 5) is 14.7. The molecule has 0 fully saturated rings. The van der Waals surface area contributed by atoms with Crippen LogP contribution in [0.1, 0.15) is 0 Å². The van der Waals surface area contributed by atoms with E-state index in [9.17, 15) is 0 Å². The van der Waals surface area contributed by atoms with Gasteiger partial charge in [0.1, 0.15) is 16.7 Å². The Morgan fingerprint density at radius 1 is 0.447 bits per heavy atom. The fourth-order valence-corrected chi connectivity index (χ4v) is 5.08. The van der Waals surface area contributed by atoms with Crippen molar-refractivity contribution in [3.05, 3.63) is 115 Å². The molecule has 0 bridgehead atoms. The molecule has 0 spiro atoms. The second-order valence-corrected chi connectivity index (χ2v) is 9.30. The molecular formula is C33H19N3O2. The zero-order valence-corrected chi connectivity index (χ0v) is 20.1. The monoisotopic (exact) mass is 489 g/mol. The molecule has 8 aromatic rings. The minimum Gasteiger partial charge on any atom is -0.455 e. The summed E-state index contributed by atoms with van der Waals surface area (Å²) in [6.45, 7) is 0. The van der Waals surface area contributed by atoms with Gasteiger partial charge in [-0.2, -0.15) is 0 Å². The Labute approximate surface area is 217 Å². The van der Waals surface area contributed by atoms with Gasteiger partial charge >= 0.3 is 0 Å². The highest BCUT2D eigenvalue weighted by Gasteiger charge is 2.19. The fourth-order valence-electron chi connectivity index (χ4n) is 5.08. The van der Waals surface area contributed by atoms with E-state index < -0.39 is 0 Å². The highest BCUT2D eigenvalue weighted by atomic mass is 16.3. The van der Waals surface area contributed by atoms with Crippen molar-refractivity contribution in [2.24, 2.45) is 0 Å². The van der Waals surface area contributed by atoms with Crippen molar-refractivity contribution in [2.75, 3.05) is 0 Å². The summed E-state index contributed by atoms with van der Waals surface area (Å²) in [7, 11) is 0. The largest absolute Gasteiger partial charge is 0.455 e. The molecule has 38 heavy (non-hydrogen) atoms. The van der Waals surface area contributed by atoms with Gasteiger partial charge in [-0.25, -0.2) is 15.0 Å². The van der Waals surface area contributed by atoms with Crippen LogP contribution < -0.4 is 0 Å². The van der Waals surface area contributed by atoms with Crippen molar-refractivity contribution >= 4 is 43.7 Å². The number of rotatable bonds is 3. The first-order chi connectivity index (χ1) is 18.8. The van der Waals surface area contributed by atoms with E-state index in [-0.39, 0.29) is 0 Å². The van der Waals surface area contributed by atoms with Gasteiger partial charge in [-0.05, 0) is 41.1 Å². The van der Waals surface area contributed by atoms with Crippen molar-refractivity contribution in [2.45, 2.75) is 0 Å². The number of nitrogens with zero attached hydrogens (tertiary/aromatic N) is 3. The fraction of sp³-hybridized carbons (Fsp3) is 0. The van der Waals surface area contributed by atoms with Gasteiger partial charge < -0.3 is 8.83 Å². The highest BCUT2D eigenvalue weighted by Crippen LogP contribution is 2.36. The number of hydrogen-bond donors (Lipinski definition) is 0. The molecule has 3 heterocycles. The van der Waals surface area contributed by atoms with Crippen LogP contribution in [0, 0.1) is 0 Å². The van der Waals surface area contributed by atoms with E-state index in [1.54, 1.807) is 0 Å². The van der Waals surface area contributed by atoms with E-state index in [0.717, 1.165) is 54.8 Å². The molecule has 0 N–H and O–H groups in total. The number of aromatic nitrogens is 3. The average molecular weight is 490 g/mol. The van der Waals surface area contributed by atoms with Gasteiger partial charge in [-0.1, -0.05) is 84.9 Å². The molecule has 0 unspecified atom stereocenters. The predicted molar refractivity (Wildman–Crippen MR) is 151 cm³/mol. The van der Waals surface area contributed by atoms with Gasteiger partial charge in [0, 0.05) is 21.7 Å². The quantitative estimate of drug-likeness (QED) is 0.248. The Hall–Kier alpha value is -5.29. The Morgan fingerprint density at radius 2 is 1.16 bits per heavy atom. The second-order valence-electron chi connectivity index (χ2n) is 9.30. The minimum absolute atomic E-state index is 0.475. The molecule has 0 saturated carbocycles. The zero-order valence-electron chi connectivity index (χ0n) is 20.1. The van der Waals surface area contributed by atoms with Crippen LogP contribution >= 0.6 is 0 Å². The summed E-state index contributed by atoms with van der Waals surface area (Å²) in [5, 5.41) is 5.37. The SMILES string of the molecule is c1ccc2cc(-c3nc(-c4cc5ccccc5o4)nc(-c4cccc5c4oc4ccccc45)n3)ccc2c1. The van der Waals surface area contributed by atoms with Crippen molar-refractivity contribution < 1.29 is 8.83 Å². The summed E-state index contributed by atoms with van der Waals surface area (Å²) < 4.78 is 12.5. The van der Waals surface area contributed by atoms with Crippen molar-refractivity contribution in [1.29, 1.82) is 0 Å². The van der Waals surface area contributed by atoms with Gasteiger partial charge in [-0.15, -0.1) is 0 Å². The molecule has 0 atom stereocenters. The Bertz CT molecular complexity index is 2120. The topological polar surface area (TPSA) is 65.0 Å². The number of furan rings is 2. The molecule has 0 aliphatic heterocycles. The van der Waals surface area contributed by atoms with Crippen LogP contribution in [-0.2, 0) is 0 Å². The molecule has 3 aromatic heterocycles. The van der Waals surface area contributed by atoms with Crippen LogP contribution in [0.5, 0.6) is 0 Å². The highest BCUT2D eigenvalue weighted by molar-refractivity contribution is 6.09. The molecule has 0 aliphatic carbocycles. The molecule has 178 valence electrons. The second kappa shape index (κ2) is 8.11. The minimum atomic E-state index is 0.475. The summed E-state index contributed by atoms with van der Waals surface area (Å²) in [6.07, 6.45) is 0. The van der Waals surface area contributed by atoms with E-state index in [1.807, 2.05) is 78.9 Å². The first kappa shape index (κ1) is 20.9. The van der Waals surface area contributed by atoms with Crippen LogP contribution in [0.4, 0.5) is 0 Å². The first-order valence-electron chi connectivity index (χ1n) is 12.4. The molecule has 8 rings (SSSR count). The summed E-state index contributed by atoms with van der Waals surface area (Å²) >= 11 is 0.